The molecular weight excluding hydrogens is 288 g/mol. The number of benzene rings is 1. The monoisotopic (exact) mass is 306 g/mol. The molecule has 0 saturated carbocycles. The van der Waals surface area contributed by atoms with Crippen LogP contribution in [0.15, 0.2) is 35.2 Å². The van der Waals surface area contributed by atoms with Crippen molar-refractivity contribution in [1.82, 2.24) is 4.72 Å². The zero-order valence-electron chi connectivity index (χ0n) is 11.9. The van der Waals surface area contributed by atoms with E-state index in [0.29, 0.717) is 13.0 Å². The molecule has 112 valence electrons. The fraction of sp³-hybridized carbons (Fsp3) is 0.400. The van der Waals surface area contributed by atoms with Crippen molar-refractivity contribution in [3.05, 3.63) is 35.9 Å². The van der Waals surface area contributed by atoms with E-state index in [1.54, 1.807) is 23.1 Å². The zero-order valence-corrected chi connectivity index (χ0v) is 12.7. The second-order valence-corrected chi connectivity index (χ2v) is 7.26. The van der Waals surface area contributed by atoms with Crippen LogP contribution in [0.25, 0.3) is 0 Å². The predicted molar refractivity (Wildman–Crippen MR) is 80.6 cm³/mol. The fourth-order valence-corrected chi connectivity index (χ4v) is 3.71. The molecule has 1 aliphatic carbocycles. The lowest BCUT2D eigenvalue weighted by Crippen LogP contribution is -2.33. The van der Waals surface area contributed by atoms with Crippen LogP contribution in [-0.4, -0.2) is 27.9 Å². The van der Waals surface area contributed by atoms with Crippen molar-refractivity contribution in [2.45, 2.75) is 24.2 Å². The Morgan fingerprint density at radius 3 is 2.67 bits per heavy atom. The van der Waals surface area contributed by atoms with Gasteiger partial charge in [0.05, 0.1) is 4.90 Å². The highest BCUT2D eigenvalue weighted by atomic mass is 32.2. The van der Waals surface area contributed by atoms with E-state index in [0.717, 1.165) is 24.1 Å². The van der Waals surface area contributed by atoms with Crippen LogP contribution < -0.4 is 9.62 Å². The van der Waals surface area contributed by atoms with Crippen LogP contribution in [0.3, 0.4) is 0 Å². The van der Waals surface area contributed by atoms with Crippen molar-refractivity contribution in [1.29, 1.82) is 0 Å². The molecule has 0 saturated heterocycles. The van der Waals surface area contributed by atoms with E-state index in [9.17, 15) is 13.2 Å². The summed E-state index contributed by atoms with van der Waals surface area (Å²) in [4.78, 5) is 14.5. The van der Waals surface area contributed by atoms with E-state index in [2.05, 4.69) is 4.72 Å². The number of anilines is 1. The lowest BCUT2D eigenvalue weighted by atomic mass is 10.1. The van der Waals surface area contributed by atoms with Crippen LogP contribution in [0.2, 0.25) is 0 Å². The van der Waals surface area contributed by atoms with Crippen molar-refractivity contribution in [2.24, 2.45) is 5.92 Å². The van der Waals surface area contributed by atoms with Crippen molar-refractivity contribution < 1.29 is 13.2 Å². The van der Waals surface area contributed by atoms with Gasteiger partial charge in [0.2, 0.25) is 15.9 Å². The van der Waals surface area contributed by atoms with Gasteiger partial charge >= 0.3 is 0 Å². The van der Waals surface area contributed by atoms with Gasteiger partial charge in [-0.15, -0.1) is 0 Å². The molecule has 5 nitrogen and oxygen atoms in total. The summed E-state index contributed by atoms with van der Waals surface area (Å²) in [7, 11) is -2.04. The molecule has 21 heavy (non-hydrogen) atoms. The number of amides is 1. The van der Waals surface area contributed by atoms with Gasteiger partial charge < -0.3 is 4.90 Å². The first kappa shape index (κ1) is 14.3. The minimum Gasteiger partial charge on any atom is -0.312 e. The third-order valence-electron chi connectivity index (χ3n) is 4.15. The number of nitrogens with zero attached hydrogens (tertiary/aromatic N) is 1. The number of carbonyl (C=O) groups is 1. The molecule has 0 atom stereocenters. The summed E-state index contributed by atoms with van der Waals surface area (Å²) in [6.07, 6.45) is 6.40. The van der Waals surface area contributed by atoms with Gasteiger partial charge in [0.1, 0.15) is 0 Å². The summed E-state index contributed by atoms with van der Waals surface area (Å²) in [6, 6.07) is 4.97. The Morgan fingerprint density at radius 1 is 1.29 bits per heavy atom. The Bertz CT molecular complexity index is 702. The lowest BCUT2D eigenvalue weighted by Gasteiger charge is -2.21. The van der Waals surface area contributed by atoms with Crippen LogP contribution in [0.5, 0.6) is 0 Å². The minimum absolute atomic E-state index is 0.0386. The topological polar surface area (TPSA) is 66.5 Å². The molecule has 0 radical (unpaired) electrons. The molecule has 0 aromatic heterocycles. The van der Waals surface area contributed by atoms with Gasteiger partial charge in [0.25, 0.3) is 0 Å². The van der Waals surface area contributed by atoms with E-state index in [4.69, 9.17) is 0 Å². The van der Waals surface area contributed by atoms with Gasteiger partial charge in [0, 0.05) is 18.2 Å². The van der Waals surface area contributed by atoms with Crippen molar-refractivity contribution in [3.8, 4) is 0 Å². The Hall–Kier alpha value is -1.66. The maximum absolute atomic E-state index is 12.5. The summed E-state index contributed by atoms with van der Waals surface area (Å²) >= 11 is 0. The Morgan fingerprint density at radius 2 is 2.00 bits per heavy atom. The molecule has 1 aromatic rings. The standard InChI is InChI=1S/C15H18N2O3S/c1-16-21(19,20)13-6-7-14-12(10-13)8-9-17(14)15(18)11-4-2-3-5-11/h2-3,6-7,10-11,16H,4-5,8-9H2,1H3. The summed E-state index contributed by atoms with van der Waals surface area (Å²) in [5.41, 5.74) is 1.77. The number of rotatable bonds is 3. The normalized spacial score (nSPS) is 18.2. The van der Waals surface area contributed by atoms with Gasteiger partial charge in [-0.25, -0.2) is 13.1 Å². The highest BCUT2D eigenvalue weighted by molar-refractivity contribution is 7.89. The van der Waals surface area contributed by atoms with Crippen LogP contribution >= 0.6 is 0 Å². The molecule has 0 unspecified atom stereocenters. The molecular formula is C15H18N2O3S. The third-order valence-corrected chi connectivity index (χ3v) is 5.56. The minimum atomic E-state index is -3.44. The van der Waals surface area contributed by atoms with Gasteiger partial charge in [-0.1, -0.05) is 12.2 Å². The predicted octanol–water partition coefficient (Wildman–Crippen LogP) is 1.45. The van der Waals surface area contributed by atoms with E-state index >= 15 is 0 Å². The summed E-state index contributed by atoms with van der Waals surface area (Å²) in [6.45, 7) is 0.633. The number of hydrogen-bond acceptors (Lipinski definition) is 3. The van der Waals surface area contributed by atoms with Gasteiger partial charge in [-0.2, -0.15) is 0 Å². The molecule has 1 aromatic carbocycles. The average molecular weight is 306 g/mol. The molecule has 0 spiro atoms. The number of sulfonamides is 1. The second-order valence-electron chi connectivity index (χ2n) is 5.38. The average Bonchev–Trinajstić information content (AvgIpc) is 3.15. The van der Waals surface area contributed by atoms with Crippen LogP contribution in [0.4, 0.5) is 5.69 Å². The van der Waals surface area contributed by atoms with Gasteiger partial charge in [-0.3, -0.25) is 4.79 Å². The van der Waals surface area contributed by atoms with Gasteiger partial charge in [0.15, 0.2) is 0 Å². The van der Waals surface area contributed by atoms with E-state index < -0.39 is 10.0 Å². The second kappa shape index (κ2) is 5.27. The molecule has 0 bridgehead atoms. The molecule has 6 heteroatoms. The Kier molecular flexibility index (Phi) is 3.59. The van der Waals surface area contributed by atoms with Gasteiger partial charge in [-0.05, 0) is 50.1 Å². The maximum atomic E-state index is 12.5. The summed E-state index contributed by atoms with van der Waals surface area (Å²) < 4.78 is 26.0. The molecule has 0 fully saturated rings. The van der Waals surface area contributed by atoms with Crippen molar-refractivity contribution >= 4 is 21.6 Å². The number of nitrogens with one attached hydrogen (secondary N) is 1. The summed E-state index contributed by atoms with van der Waals surface area (Å²) in [5, 5.41) is 0. The van der Waals surface area contributed by atoms with Crippen LogP contribution in [0.1, 0.15) is 18.4 Å². The Balaban J connectivity index is 1.88. The Labute approximate surface area is 124 Å². The zero-order chi connectivity index (χ0) is 15.0. The van der Waals surface area contributed by atoms with E-state index in [-0.39, 0.29) is 16.7 Å². The lowest BCUT2D eigenvalue weighted by molar-refractivity contribution is -0.121. The number of allylic oxidation sites excluding steroid dienone is 2. The first-order chi connectivity index (χ1) is 10.0. The third kappa shape index (κ3) is 2.49. The summed E-state index contributed by atoms with van der Waals surface area (Å²) in [5.74, 6) is 0.180. The fourth-order valence-electron chi connectivity index (χ4n) is 2.93. The van der Waals surface area contributed by atoms with Crippen molar-refractivity contribution in [3.63, 3.8) is 0 Å². The largest absolute Gasteiger partial charge is 0.312 e. The highest BCUT2D eigenvalue weighted by Gasteiger charge is 2.31. The number of hydrogen-bond donors (Lipinski definition) is 1. The van der Waals surface area contributed by atoms with Crippen molar-refractivity contribution in [2.75, 3.05) is 18.5 Å². The van der Waals surface area contributed by atoms with Crippen LogP contribution in [-0.2, 0) is 21.2 Å². The molecule has 1 amide bonds. The highest BCUT2D eigenvalue weighted by Crippen LogP contribution is 2.33. The maximum Gasteiger partial charge on any atom is 0.240 e. The quantitative estimate of drug-likeness (QED) is 0.860. The first-order valence-corrected chi connectivity index (χ1v) is 8.54. The number of fused-ring (bicyclic) bond motifs is 1. The van der Waals surface area contributed by atoms with E-state index in [1.807, 2.05) is 12.2 Å². The molecule has 2 aliphatic rings. The number of carbonyl (C=O) groups excluding carboxylic acids is 1. The first-order valence-electron chi connectivity index (χ1n) is 7.06. The molecule has 1 heterocycles. The smallest absolute Gasteiger partial charge is 0.240 e. The molecule has 1 aliphatic heterocycles. The SMILES string of the molecule is CNS(=O)(=O)c1ccc2c(c1)CCN2C(=O)C1CC=CC1. The molecule has 1 N–H and O–H groups in total. The molecule has 3 rings (SSSR count). The van der Waals surface area contributed by atoms with Crippen LogP contribution in [0, 0.1) is 5.92 Å². The van der Waals surface area contributed by atoms with E-state index in [1.165, 1.54) is 7.05 Å².